The van der Waals surface area contributed by atoms with Gasteiger partial charge in [-0.3, -0.25) is 4.79 Å². The molecule has 106 valence electrons. The fourth-order valence-corrected chi connectivity index (χ4v) is 2.21. The van der Waals surface area contributed by atoms with Crippen LogP contribution in [0.5, 0.6) is 5.75 Å². The zero-order valence-electron chi connectivity index (χ0n) is 11.1. The third kappa shape index (κ3) is 3.62. The van der Waals surface area contributed by atoms with Crippen molar-refractivity contribution in [1.29, 1.82) is 0 Å². The molecule has 1 aromatic carbocycles. The van der Waals surface area contributed by atoms with Crippen molar-refractivity contribution in [2.75, 3.05) is 13.2 Å². The number of benzene rings is 1. The Morgan fingerprint density at radius 2 is 2.05 bits per heavy atom. The molecule has 0 saturated heterocycles. The van der Waals surface area contributed by atoms with Crippen LogP contribution in [0.4, 0.5) is 0 Å². The van der Waals surface area contributed by atoms with Crippen LogP contribution in [0.1, 0.15) is 5.56 Å². The van der Waals surface area contributed by atoms with Crippen molar-refractivity contribution in [3.05, 3.63) is 63.5 Å². The Bertz CT molecular complexity index is 625. The fourth-order valence-electron chi connectivity index (χ4n) is 1.96. The van der Waals surface area contributed by atoms with Gasteiger partial charge in [-0.15, -0.1) is 0 Å². The van der Waals surface area contributed by atoms with Crippen molar-refractivity contribution < 1.29 is 4.74 Å². The second-order valence-electron chi connectivity index (χ2n) is 4.35. The number of para-hydroxylation sites is 1. The van der Waals surface area contributed by atoms with E-state index in [9.17, 15) is 4.79 Å². The minimum absolute atomic E-state index is 0.0440. The lowest BCUT2D eigenvalue weighted by Crippen LogP contribution is -2.21. The summed E-state index contributed by atoms with van der Waals surface area (Å²) in [6, 6.07) is 10.7. The van der Waals surface area contributed by atoms with E-state index < -0.39 is 0 Å². The Hall–Kier alpha value is -1.78. The maximum absolute atomic E-state index is 11.6. The van der Waals surface area contributed by atoms with E-state index in [-0.39, 0.29) is 5.56 Å². The van der Waals surface area contributed by atoms with Gasteiger partial charge in [0.25, 0.3) is 5.56 Å². The van der Waals surface area contributed by atoms with Crippen molar-refractivity contribution in [1.82, 2.24) is 4.57 Å². The van der Waals surface area contributed by atoms with E-state index in [1.807, 2.05) is 18.2 Å². The topological polar surface area (TPSA) is 57.2 Å². The molecular formula is C15H17ClN2O2. The summed E-state index contributed by atoms with van der Waals surface area (Å²) in [5, 5.41) is 0.566. The third-order valence-corrected chi connectivity index (χ3v) is 3.24. The van der Waals surface area contributed by atoms with E-state index in [4.69, 9.17) is 22.1 Å². The van der Waals surface area contributed by atoms with Crippen molar-refractivity contribution >= 4 is 11.6 Å². The van der Waals surface area contributed by atoms with Gasteiger partial charge in [0.15, 0.2) is 0 Å². The van der Waals surface area contributed by atoms with Gasteiger partial charge < -0.3 is 15.0 Å². The Morgan fingerprint density at radius 3 is 2.80 bits per heavy atom. The minimum Gasteiger partial charge on any atom is -0.490 e. The van der Waals surface area contributed by atoms with E-state index in [0.29, 0.717) is 36.9 Å². The van der Waals surface area contributed by atoms with Gasteiger partial charge in [-0.05, 0) is 30.7 Å². The summed E-state index contributed by atoms with van der Waals surface area (Å²) in [6.07, 6.45) is 2.44. The van der Waals surface area contributed by atoms with Gasteiger partial charge in [0.2, 0.25) is 0 Å². The lowest BCUT2D eigenvalue weighted by Gasteiger charge is -2.13. The van der Waals surface area contributed by atoms with Crippen LogP contribution in [0.25, 0.3) is 0 Å². The van der Waals surface area contributed by atoms with Gasteiger partial charge in [-0.25, -0.2) is 0 Å². The highest BCUT2D eigenvalue weighted by Gasteiger charge is 2.07. The standard InChI is InChI=1S/C15H17ClN2O2/c16-13-5-3-4-12(7-8-17)15(13)20-11-10-18-9-2-1-6-14(18)19/h1-6,9H,7-8,10-11,17H2. The summed E-state index contributed by atoms with van der Waals surface area (Å²) in [5.41, 5.74) is 6.52. The number of aromatic nitrogens is 1. The minimum atomic E-state index is -0.0440. The Morgan fingerprint density at radius 1 is 1.20 bits per heavy atom. The number of pyridine rings is 1. The summed E-state index contributed by atoms with van der Waals surface area (Å²) >= 11 is 6.14. The summed E-state index contributed by atoms with van der Waals surface area (Å²) in [6.45, 7) is 1.40. The molecule has 0 radical (unpaired) electrons. The molecule has 20 heavy (non-hydrogen) atoms. The monoisotopic (exact) mass is 292 g/mol. The number of ether oxygens (including phenoxy) is 1. The maximum atomic E-state index is 11.6. The van der Waals surface area contributed by atoms with Crippen LogP contribution in [-0.2, 0) is 13.0 Å². The molecule has 0 atom stereocenters. The van der Waals surface area contributed by atoms with Crippen LogP contribution >= 0.6 is 11.6 Å². The molecule has 2 rings (SSSR count). The first-order valence-electron chi connectivity index (χ1n) is 6.48. The normalized spacial score (nSPS) is 10.5. The van der Waals surface area contributed by atoms with Gasteiger partial charge in [0.1, 0.15) is 12.4 Å². The fraction of sp³-hybridized carbons (Fsp3) is 0.267. The van der Waals surface area contributed by atoms with Gasteiger partial charge in [-0.2, -0.15) is 0 Å². The highest BCUT2D eigenvalue weighted by molar-refractivity contribution is 6.32. The van der Waals surface area contributed by atoms with Crippen molar-refractivity contribution in [2.24, 2.45) is 5.73 Å². The lowest BCUT2D eigenvalue weighted by molar-refractivity contribution is 0.294. The molecule has 1 aromatic heterocycles. The Balaban J connectivity index is 2.04. The molecule has 0 bridgehead atoms. The molecule has 0 unspecified atom stereocenters. The van der Waals surface area contributed by atoms with E-state index in [0.717, 1.165) is 5.56 Å². The molecule has 1 heterocycles. The first-order chi connectivity index (χ1) is 9.72. The zero-order valence-corrected chi connectivity index (χ0v) is 11.8. The van der Waals surface area contributed by atoms with Crippen LogP contribution in [0.3, 0.4) is 0 Å². The highest BCUT2D eigenvalue weighted by atomic mass is 35.5. The molecule has 0 aliphatic heterocycles. The van der Waals surface area contributed by atoms with E-state index in [1.54, 1.807) is 22.9 Å². The van der Waals surface area contributed by atoms with Crippen molar-refractivity contribution in [3.8, 4) is 5.75 Å². The maximum Gasteiger partial charge on any atom is 0.250 e. The largest absolute Gasteiger partial charge is 0.490 e. The number of nitrogens with two attached hydrogens (primary N) is 1. The Labute approximate surface area is 122 Å². The SMILES string of the molecule is NCCc1cccc(Cl)c1OCCn1ccccc1=O. The van der Waals surface area contributed by atoms with Crippen molar-refractivity contribution in [2.45, 2.75) is 13.0 Å². The Kier molecular flexibility index (Phi) is 5.21. The summed E-state index contributed by atoms with van der Waals surface area (Å²) < 4.78 is 7.33. The molecule has 0 saturated carbocycles. The molecule has 5 heteroatoms. The molecule has 4 nitrogen and oxygen atoms in total. The van der Waals surface area contributed by atoms with Gasteiger partial charge in [0, 0.05) is 12.3 Å². The van der Waals surface area contributed by atoms with Gasteiger partial charge in [-0.1, -0.05) is 29.8 Å². The smallest absolute Gasteiger partial charge is 0.250 e. The van der Waals surface area contributed by atoms with Crippen LogP contribution in [0.15, 0.2) is 47.4 Å². The molecule has 0 aliphatic carbocycles. The van der Waals surface area contributed by atoms with E-state index in [2.05, 4.69) is 0 Å². The quantitative estimate of drug-likeness (QED) is 0.887. The molecular weight excluding hydrogens is 276 g/mol. The second kappa shape index (κ2) is 7.12. The number of halogens is 1. The molecule has 0 amide bonds. The first-order valence-corrected chi connectivity index (χ1v) is 6.86. The zero-order chi connectivity index (χ0) is 14.4. The second-order valence-corrected chi connectivity index (χ2v) is 4.75. The van der Waals surface area contributed by atoms with Gasteiger partial charge >= 0.3 is 0 Å². The summed E-state index contributed by atoms with van der Waals surface area (Å²) in [7, 11) is 0. The average Bonchev–Trinajstić information content (AvgIpc) is 2.44. The molecule has 2 aromatic rings. The number of rotatable bonds is 6. The van der Waals surface area contributed by atoms with Crippen molar-refractivity contribution in [3.63, 3.8) is 0 Å². The van der Waals surface area contributed by atoms with Crippen LogP contribution in [-0.4, -0.2) is 17.7 Å². The number of nitrogens with zero attached hydrogens (tertiary/aromatic N) is 1. The highest BCUT2D eigenvalue weighted by Crippen LogP contribution is 2.28. The van der Waals surface area contributed by atoms with E-state index >= 15 is 0 Å². The summed E-state index contributed by atoms with van der Waals surface area (Å²) in [5.74, 6) is 0.656. The predicted molar refractivity (Wildman–Crippen MR) is 80.4 cm³/mol. The predicted octanol–water partition coefficient (Wildman–Crippen LogP) is 2.08. The average molecular weight is 293 g/mol. The third-order valence-electron chi connectivity index (χ3n) is 2.94. The first kappa shape index (κ1) is 14.6. The molecule has 0 fully saturated rings. The molecule has 0 spiro atoms. The molecule has 2 N–H and O–H groups in total. The summed E-state index contributed by atoms with van der Waals surface area (Å²) in [4.78, 5) is 11.6. The van der Waals surface area contributed by atoms with E-state index in [1.165, 1.54) is 6.07 Å². The number of hydrogen-bond acceptors (Lipinski definition) is 3. The van der Waals surface area contributed by atoms with Crippen LogP contribution in [0.2, 0.25) is 5.02 Å². The van der Waals surface area contributed by atoms with Gasteiger partial charge in [0.05, 0.1) is 11.6 Å². The van der Waals surface area contributed by atoms with Crippen LogP contribution < -0.4 is 16.0 Å². The van der Waals surface area contributed by atoms with Crippen LogP contribution in [0, 0.1) is 0 Å². The lowest BCUT2D eigenvalue weighted by atomic mass is 10.1. The molecule has 0 aliphatic rings. The number of hydrogen-bond donors (Lipinski definition) is 1.